The van der Waals surface area contributed by atoms with Crippen LogP contribution < -0.4 is 0 Å². The Balaban J connectivity index is 3.07. The molecule has 0 aliphatic carbocycles. The fourth-order valence-corrected chi connectivity index (χ4v) is 154. The van der Waals surface area contributed by atoms with Crippen molar-refractivity contribution in [1.82, 2.24) is 0 Å². The van der Waals surface area contributed by atoms with Gasteiger partial charge < -0.3 is 0 Å². The van der Waals surface area contributed by atoms with E-state index in [0.29, 0.717) is 0 Å². The van der Waals surface area contributed by atoms with Crippen LogP contribution in [0.4, 0.5) is 0 Å². The number of hydrogen-bond acceptors (Lipinski definition) is 0. The van der Waals surface area contributed by atoms with Crippen molar-refractivity contribution in [1.29, 1.82) is 0 Å². The Kier molecular flexibility index (Phi) is 3.56. The quantitative estimate of drug-likeness (QED) is 0.461. The third-order valence-electron chi connectivity index (χ3n) is 4.38. The molecule has 14 heavy (non-hydrogen) atoms. The Morgan fingerprint density at radius 3 is 0.714 bits per heavy atom. The van der Waals surface area contributed by atoms with Crippen LogP contribution in [0.25, 0.3) is 0 Å². The molecule has 1 heterocycles. The van der Waals surface area contributed by atoms with Crippen LogP contribution in [0.3, 0.4) is 0 Å². The standard InChI is InChI=1S/C8H26P2Si4/c1-11(2)9-13(5,6)14(7,8)10-12(11,3)4/h9-10H,1-8H3. The fraction of sp³-hybridized carbons (Fsp3) is 1.00. The highest BCUT2D eigenvalue weighted by Gasteiger charge is 2.57. The summed E-state index contributed by atoms with van der Waals surface area (Å²) in [6.07, 6.45) is 0. The fourth-order valence-electron chi connectivity index (χ4n) is 2.19. The molecule has 1 fully saturated rings. The zero-order valence-corrected chi connectivity index (χ0v) is 17.0. The predicted molar refractivity (Wildman–Crippen MR) is 86.6 cm³/mol. The van der Waals surface area contributed by atoms with Crippen LogP contribution in [-0.2, 0) is 0 Å². The van der Waals surface area contributed by atoms with Crippen molar-refractivity contribution in [3.8, 4) is 0 Å². The van der Waals surface area contributed by atoms with E-state index in [0.717, 1.165) is 0 Å². The molecule has 6 heteroatoms. The number of rotatable bonds is 0. The molecule has 0 radical (unpaired) electrons. The molecule has 0 unspecified atom stereocenters. The van der Waals surface area contributed by atoms with Crippen molar-refractivity contribution in [2.75, 3.05) is 0 Å². The van der Waals surface area contributed by atoms with Gasteiger partial charge in [-0.25, -0.2) is 0 Å². The average molecular weight is 297 g/mol. The summed E-state index contributed by atoms with van der Waals surface area (Å²) in [4.78, 5) is 0. The van der Waals surface area contributed by atoms with Crippen LogP contribution in [0.5, 0.6) is 0 Å². The maximum Gasteiger partial charge on any atom is 0.0651 e. The molecule has 0 bridgehead atoms. The molecule has 0 nitrogen and oxygen atoms in total. The zero-order valence-electron chi connectivity index (χ0n) is 11.0. The van der Waals surface area contributed by atoms with E-state index in [2.05, 4.69) is 52.4 Å². The van der Waals surface area contributed by atoms with Gasteiger partial charge >= 0.3 is 0 Å². The van der Waals surface area contributed by atoms with Gasteiger partial charge in [-0.05, 0) is 0 Å². The summed E-state index contributed by atoms with van der Waals surface area (Å²) in [5.74, 6) is 0. The Labute approximate surface area is 96.6 Å². The molecule has 0 spiro atoms. The Morgan fingerprint density at radius 1 is 0.429 bits per heavy atom. The van der Waals surface area contributed by atoms with E-state index in [1.807, 2.05) is 0 Å². The molecule has 1 rings (SSSR count). The molecule has 0 atom stereocenters. The van der Waals surface area contributed by atoms with Crippen molar-refractivity contribution in [3.63, 3.8) is 0 Å². The monoisotopic (exact) mass is 296 g/mol. The second-order valence-corrected chi connectivity index (χ2v) is 62.2. The molecule has 0 N–H and O–H groups in total. The molecule has 0 amide bonds. The summed E-state index contributed by atoms with van der Waals surface area (Å²) in [6, 6.07) is 0. The normalized spacial score (nSPS) is 36.0. The lowest BCUT2D eigenvalue weighted by atomic mass is 11.9. The summed E-state index contributed by atoms with van der Waals surface area (Å²) in [5, 5.41) is 0. The molecular weight excluding hydrogens is 270 g/mol. The highest BCUT2D eigenvalue weighted by Crippen LogP contribution is 2.61. The van der Waals surface area contributed by atoms with Gasteiger partial charge in [-0.15, -0.1) is 15.4 Å². The first kappa shape index (κ1) is 13.8. The van der Waals surface area contributed by atoms with Crippen LogP contribution in [-0.4, -0.2) is 29.0 Å². The van der Waals surface area contributed by atoms with Crippen molar-refractivity contribution >= 4 is 44.4 Å². The van der Waals surface area contributed by atoms with Crippen LogP contribution in [0.1, 0.15) is 0 Å². The van der Waals surface area contributed by atoms with E-state index in [1.54, 1.807) is 0 Å². The van der Waals surface area contributed by atoms with Crippen LogP contribution in [0.2, 0.25) is 52.4 Å². The summed E-state index contributed by atoms with van der Waals surface area (Å²) in [6.45, 7) is 21.7. The summed E-state index contributed by atoms with van der Waals surface area (Å²) in [7, 11) is -0.135. The molecular formula is C8H26P2Si4. The lowest BCUT2D eigenvalue weighted by Crippen LogP contribution is -2.65. The second kappa shape index (κ2) is 3.61. The summed E-state index contributed by atoms with van der Waals surface area (Å²) >= 11 is 0. The van der Waals surface area contributed by atoms with Crippen molar-refractivity contribution in [3.05, 3.63) is 0 Å². The zero-order chi connectivity index (χ0) is 11.4. The van der Waals surface area contributed by atoms with Gasteiger partial charge in [-0.1, -0.05) is 52.4 Å². The van der Waals surface area contributed by atoms with Crippen LogP contribution >= 0.6 is 15.4 Å². The van der Waals surface area contributed by atoms with Crippen LogP contribution in [0, 0.1) is 0 Å². The van der Waals surface area contributed by atoms with Gasteiger partial charge in [0.2, 0.25) is 0 Å². The lowest BCUT2D eigenvalue weighted by Gasteiger charge is -2.56. The van der Waals surface area contributed by atoms with E-state index < -0.39 is 29.0 Å². The molecule has 0 aromatic carbocycles. The van der Waals surface area contributed by atoms with Gasteiger partial charge in [-0.2, -0.15) is 0 Å². The summed E-state index contributed by atoms with van der Waals surface area (Å²) in [5.41, 5.74) is 0. The largest absolute Gasteiger partial charge is 0.148 e. The first-order chi connectivity index (χ1) is 5.91. The molecule has 1 saturated heterocycles. The minimum atomic E-state index is -0.767. The van der Waals surface area contributed by atoms with Gasteiger partial charge in [0.25, 0.3) is 0 Å². The van der Waals surface area contributed by atoms with E-state index >= 15 is 0 Å². The highest BCUT2D eigenvalue weighted by molar-refractivity contribution is 8.43. The van der Waals surface area contributed by atoms with Crippen molar-refractivity contribution in [2.24, 2.45) is 0 Å². The van der Waals surface area contributed by atoms with Gasteiger partial charge in [0.1, 0.15) is 0 Å². The third-order valence-corrected chi connectivity index (χ3v) is 102. The molecule has 84 valence electrons. The average Bonchev–Trinajstić information content (AvgIpc) is 1.78. The molecule has 1 aliphatic rings. The Hall–Kier alpha value is 1.73. The van der Waals surface area contributed by atoms with E-state index in [-0.39, 0.29) is 0 Å². The highest BCUT2D eigenvalue weighted by atomic mass is 31.8. The topological polar surface area (TPSA) is 0 Å². The van der Waals surface area contributed by atoms with Gasteiger partial charge in [0, 0.05) is 0 Å². The smallest absolute Gasteiger partial charge is 0.0651 e. The molecule has 1 aliphatic heterocycles. The van der Waals surface area contributed by atoms with Crippen molar-refractivity contribution in [2.45, 2.75) is 52.4 Å². The van der Waals surface area contributed by atoms with Crippen molar-refractivity contribution < 1.29 is 0 Å². The minimum Gasteiger partial charge on any atom is -0.148 e. The molecule has 0 saturated carbocycles. The predicted octanol–water partition coefficient (Wildman–Crippen LogP) is 4.33. The number of hydrogen-bond donors (Lipinski definition) is 0. The maximum atomic E-state index is 2.71. The van der Waals surface area contributed by atoms with Gasteiger partial charge in [0.05, 0.1) is 29.0 Å². The Morgan fingerprint density at radius 2 is 0.571 bits per heavy atom. The lowest BCUT2D eigenvalue weighted by molar-refractivity contribution is 1.88. The molecule has 0 aromatic rings. The molecule has 0 aromatic heterocycles. The Bertz CT molecular complexity index is 198. The minimum absolute atomic E-state index is 0.767. The second-order valence-electron chi connectivity index (χ2n) is 6.75. The third kappa shape index (κ3) is 2.21. The first-order valence-corrected chi connectivity index (χ1v) is 25.5. The van der Waals surface area contributed by atoms with E-state index in [4.69, 9.17) is 0 Å². The van der Waals surface area contributed by atoms with Gasteiger partial charge in [-0.3, -0.25) is 0 Å². The first-order valence-electron chi connectivity index (χ1n) is 5.50. The van der Waals surface area contributed by atoms with E-state index in [9.17, 15) is 0 Å². The SMILES string of the molecule is C[Si]1(C)P[Si](C)(C)[Si](C)(C)P[Si]1(C)C. The van der Waals surface area contributed by atoms with Gasteiger partial charge in [0.15, 0.2) is 0 Å². The van der Waals surface area contributed by atoms with E-state index in [1.165, 1.54) is 15.4 Å². The summed E-state index contributed by atoms with van der Waals surface area (Å²) < 4.78 is 0. The maximum absolute atomic E-state index is 2.71. The van der Waals surface area contributed by atoms with Crippen LogP contribution in [0.15, 0.2) is 0 Å².